The normalized spacial score (nSPS) is 11.2. The van der Waals surface area contributed by atoms with Gasteiger partial charge in [-0.3, -0.25) is 4.79 Å². The highest BCUT2D eigenvalue weighted by molar-refractivity contribution is 5.75. The third kappa shape index (κ3) is 29.1. The Morgan fingerprint density at radius 2 is 0.848 bits per heavy atom. The molecule has 0 spiro atoms. The van der Waals surface area contributed by atoms with Crippen LogP contribution in [-0.2, 0) is 42.7 Å². The fraction of sp³-hybridized carbons (Fsp3) is 0.955. The van der Waals surface area contributed by atoms with E-state index in [1.54, 1.807) is 0 Å². The molecule has 0 aromatic rings. The molecule has 0 aliphatic rings. The second-order valence-corrected chi connectivity index (χ2v) is 6.72. The van der Waals surface area contributed by atoms with Gasteiger partial charge in [-0.15, -0.1) is 0 Å². The van der Waals surface area contributed by atoms with Crippen molar-refractivity contribution < 1.29 is 47.8 Å². The van der Waals surface area contributed by atoms with Crippen molar-refractivity contribution in [2.45, 2.75) is 19.8 Å². The fourth-order valence-electron chi connectivity index (χ4n) is 2.28. The Hall–Kier alpha value is -0.890. The first kappa shape index (κ1) is 32.1. The van der Waals surface area contributed by atoms with Crippen LogP contribution in [-0.4, -0.2) is 130 Å². The summed E-state index contributed by atoms with van der Waals surface area (Å²) in [5.41, 5.74) is 0. The van der Waals surface area contributed by atoms with E-state index in [9.17, 15) is 4.79 Å². The predicted molar refractivity (Wildman–Crippen MR) is 122 cm³/mol. The Labute approximate surface area is 198 Å². The van der Waals surface area contributed by atoms with Crippen molar-refractivity contribution >= 4 is 5.91 Å². The first-order valence-corrected chi connectivity index (χ1v) is 11.8. The van der Waals surface area contributed by atoms with Crippen LogP contribution in [0.1, 0.15) is 19.8 Å². The van der Waals surface area contributed by atoms with Crippen molar-refractivity contribution in [2.24, 2.45) is 0 Å². The number of amides is 1. The average molecular weight is 484 g/mol. The number of carbonyl (C=O) groups is 1. The van der Waals surface area contributed by atoms with Crippen LogP contribution in [0.2, 0.25) is 0 Å². The number of hydrogen-bond acceptors (Lipinski definition) is 10. The third-order valence-electron chi connectivity index (χ3n) is 3.89. The molecule has 0 aromatic heterocycles. The van der Waals surface area contributed by atoms with Crippen molar-refractivity contribution in [1.82, 2.24) is 5.32 Å². The van der Waals surface area contributed by atoms with Gasteiger partial charge in [0.25, 0.3) is 0 Å². The molecule has 0 fully saturated rings. The molecule has 0 aliphatic carbocycles. The topological polar surface area (TPSA) is 123 Å². The molecule has 2 N–H and O–H groups in total. The monoisotopic (exact) mass is 483 g/mol. The molecule has 0 unspecified atom stereocenters. The van der Waals surface area contributed by atoms with Gasteiger partial charge in [0.2, 0.25) is 5.91 Å². The number of aliphatic hydroxyl groups excluding tert-OH is 1. The van der Waals surface area contributed by atoms with Gasteiger partial charge in [-0.2, -0.15) is 0 Å². The number of hydrogen-bond donors (Lipinski definition) is 2. The third-order valence-corrected chi connectivity index (χ3v) is 3.89. The second-order valence-electron chi connectivity index (χ2n) is 6.72. The van der Waals surface area contributed by atoms with Crippen molar-refractivity contribution in [2.75, 3.05) is 119 Å². The predicted octanol–water partition coefficient (Wildman–Crippen LogP) is 0.0278. The molecule has 0 rings (SSSR count). The van der Waals surface area contributed by atoms with Crippen LogP contribution in [0.4, 0.5) is 0 Å². The molecule has 0 atom stereocenters. The minimum Gasteiger partial charge on any atom is -0.394 e. The quantitative estimate of drug-likeness (QED) is 0.147. The molecule has 0 saturated heterocycles. The molecule has 0 heterocycles. The SMILES string of the molecule is CCCC(=O)NCCOCCOCCOCCOCCOCCOCCOCCOCCO. The Bertz CT molecular complexity index is 390. The largest absolute Gasteiger partial charge is 0.394 e. The van der Waals surface area contributed by atoms with E-state index in [1.165, 1.54) is 0 Å². The minimum atomic E-state index is 0.0269. The van der Waals surface area contributed by atoms with Crippen molar-refractivity contribution in [3.8, 4) is 0 Å². The van der Waals surface area contributed by atoms with Gasteiger partial charge in [-0.25, -0.2) is 0 Å². The molecule has 0 saturated carbocycles. The Morgan fingerprint density at radius 1 is 0.545 bits per heavy atom. The van der Waals surface area contributed by atoms with Crippen LogP contribution in [0.3, 0.4) is 0 Å². The molecule has 0 aliphatic heterocycles. The Morgan fingerprint density at radius 3 is 1.15 bits per heavy atom. The van der Waals surface area contributed by atoms with E-state index in [4.69, 9.17) is 43.0 Å². The van der Waals surface area contributed by atoms with Gasteiger partial charge in [0.15, 0.2) is 0 Å². The molecular weight excluding hydrogens is 438 g/mol. The van der Waals surface area contributed by atoms with Crippen LogP contribution in [0.15, 0.2) is 0 Å². The lowest BCUT2D eigenvalue weighted by molar-refractivity contribution is -0.121. The summed E-state index contributed by atoms with van der Waals surface area (Å²) in [5.74, 6) is 0.0625. The second kappa shape index (κ2) is 29.1. The van der Waals surface area contributed by atoms with Gasteiger partial charge in [0, 0.05) is 13.0 Å². The number of rotatable bonds is 28. The van der Waals surface area contributed by atoms with E-state index in [0.717, 1.165) is 6.42 Å². The van der Waals surface area contributed by atoms with Gasteiger partial charge in [-0.05, 0) is 6.42 Å². The van der Waals surface area contributed by atoms with Gasteiger partial charge in [0.1, 0.15) is 0 Å². The molecule has 1 amide bonds. The van der Waals surface area contributed by atoms with E-state index in [2.05, 4.69) is 5.32 Å². The van der Waals surface area contributed by atoms with Crippen LogP contribution in [0.5, 0.6) is 0 Å². The Kier molecular flexibility index (Phi) is 28.4. The lowest BCUT2D eigenvalue weighted by Crippen LogP contribution is -2.27. The molecule has 0 bridgehead atoms. The average Bonchev–Trinajstić information content (AvgIpc) is 2.81. The van der Waals surface area contributed by atoms with Crippen molar-refractivity contribution in [3.63, 3.8) is 0 Å². The van der Waals surface area contributed by atoms with Gasteiger partial charge in [-0.1, -0.05) is 6.92 Å². The van der Waals surface area contributed by atoms with Crippen molar-refractivity contribution in [3.05, 3.63) is 0 Å². The lowest BCUT2D eigenvalue weighted by Gasteiger charge is -2.09. The standard InChI is InChI=1S/C22H45NO10/c1-2-3-22(25)23-4-6-26-8-10-28-12-14-30-16-18-32-20-21-33-19-17-31-15-13-29-11-9-27-7-5-24/h24H,2-21H2,1H3,(H,23,25). The summed E-state index contributed by atoms with van der Waals surface area (Å²) >= 11 is 0. The molecule has 11 heteroatoms. The van der Waals surface area contributed by atoms with Crippen LogP contribution >= 0.6 is 0 Å². The van der Waals surface area contributed by atoms with Crippen LogP contribution in [0, 0.1) is 0 Å². The van der Waals surface area contributed by atoms with Gasteiger partial charge in [0.05, 0.1) is 112 Å². The minimum absolute atomic E-state index is 0.0269. The molecular formula is C22H45NO10. The highest BCUT2D eigenvalue weighted by Crippen LogP contribution is 1.87. The van der Waals surface area contributed by atoms with Crippen LogP contribution in [0.25, 0.3) is 0 Å². The molecule has 0 aromatic carbocycles. The number of aliphatic hydroxyl groups is 1. The van der Waals surface area contributed by atoms with E-state index in [-0.39, 0.29) is 12.5 Å². The first-order chi connectivity index (χ1) is 16.3. The zero-order valence-electron chi connectivity index (χ0n) is 20.3. The molecule has 0 radical (unpaired) electrons. The summed E-state index contributed by atoms with van der Waals surface area (Å²) < 4.78 is 42.8. The summed E-state index contributed by atoms with van der Waals surface area (Å²) in [7, 11) is 0. The van der Waals surface area contributed by atoms with E-state index >= 15 is 0 Å². The van der Waals surface area contributed by atoms with E-state index in [1.807, 2.05) is 6.92 Å². The number of nitrogens with one attached hydrogen (secondary N) is 1. The van der Waals surface area contributed by atoms with E-state index in [0.29, 0.717) is 119 Å². The maximum Gasteiger partial charge on any atom is 0.220 e. The van der Waals surface area contributed by atoms with Crippen molar-refractivity contribution in [1.29, 1.82) is 0 Å². The summed E-state index contributed by atoms with van der Waals surface area (Å²) in [5, 5.41) is 11.3. The molecule has 198 valence electrons. The summed E-state index contributed by atoms with van der Waals surface area (Å²) in [6.45, 7) is 10.4. The van der Waals surface area contributed by atoms with Crippen LogP contribution < -0.4 is 5.32 Å². The number of ether oxygens (including phenoxy) is 8. The maximum absolute atomic E-state index is 11.2. The van der Waals surface area contributed by atoms with Gasteiger partial charge < -0.3 is 48.3 Å². The maximum atomic E-state index is 11.2. The zero-order valence-corrected chi connectivity index (χ0v) is 20.3. The zero-order chi connectivity index (χ0) is 24.1. The highest BCUT2D eigenvalue weighted by atomic mass is 16.6. The summed E-state index contributed by atoms with van der Waals surface area (Å²) in [4.78, 5) is 11.2. The first-order valence-electron chi connectivity index (χ1n) is 11.8. The molecule has 33 heavy (non-hydrogen) atoms. The molecule has 11 nitrogen and oxygen atoms in total. The van der Waals surface area contributed by atoms with Gasteiger partial charge >= 0.3 is 0 Å². The summed E-state index contributed by atoms with van der Waals surface area (Å²) in [6.07, 6.45) is 1.41. The highest BCUT2D eigenvalue weighted by Gasteiger charge is 1.98. The Balaban J connectivity index is 3.03. The fourth-order valence-corrected chi connectivity index (χ4v) is 2.28. The van der Waals surface area contributed by atoms with E-state index < -0.39 is 0 Å². The number of carbonyl (C=O) groups excluding carboxylic acids is 1. The lowest BCUT2D eigenvalue weighted by atomic mass is 10.3. The smallest absolute Gasteiger partial charge is 0.220 e. The summed E-state index contributed by atoms with van der Waals surface area (Å²) in [6, 6.07) is 0.